The minimum Gasteiger partial charge on any atom is -0.397 e. The van der Waals surface area contributed by atoms with Crippen molar-refractivity contribution in [3.8, 4) is 0 Å². The van der Waals surface area contributed by atoms with Crippen molar-refractivity contribution in [2.75, 3.05) is 12.3 Å². The zero-order valence-electron chi connectivity index (χ0n) is 10.7. The number of nitrogen functional groups attached to an aromatic ring is 1. The van der Waals surface area contributed by atoms with E-state index in [4.69, 9.17) is 5.73 Å². The second kappa shape index (κ2) is 6.01. The SMILES string of the molecule is CCC1CCCCCN1Cc1ccc(N)cn1. The van der Waals surface area contributed by atoms with Gasteiger partial charge in [0.2, 0.25) is 0 Å². The lowest BCUT2D eigenvalue weighted by molar-refractivity contribution is 0.184. The van der Waals surface area contributed by atoms with E-state index in [0.717, 1.165) is 24.0 Å². The lowest BCUT2D eigenvalue weighted by Gasteiger charge is -2.28. The molecule has 0 spiro atoms. The smallest absolute Gasteiger partial charge is 0.0545 e. The molecule has 0 bridgehead atoms. The largest absolute Gasteiger partial charge is 0.397 e. The van der Waals surface area contributed by atoms with Gasteiger partial charge in [0, 0.05) is 12.6 Å². The predicted molar refractivity (Wildman–Crippen MR) is 71.6 cm³/mol. The molecule has 1 unspecified atom stereocenters. The fourth-order valence-electron chi connectivity index (χ4n) is 2.64. The van der Waals surface area contributed by atoms with E-state index in [0.29, 0.717) is 0 Å². The average molecular weight is 233 g/mol. The first kappa shape index (κ1) is 12.4. The summed E-state index contributed by atoms with van der Waals surface area (Å²) >= 11 is 0. The number of pyridine rings is 1. The fourth-order valence-corrected chi connectivity index (χ4v) is 2.64. The molecule has 17 heavy (non-hydrogen) atoms. The van der Waals surface area contributed by atoms with Gasteiger partial charge < -0.3 is 5.73 Å². The Kier molecular flexibility index (Phi) is 4.37. The number of aromatic nitrogens is 1. The molecule has 94 valence electrons. The van der Waals surface area contributed by atoms with Crippen LogP contribution in [0.3, 0.4) is 0 Å². The summed E-state index contributed by atoms with van der Waals surface area (Å²) in [6.07, 6.45) is 8.42. The van der Waals surface area contributed by atoms with Crippen molar-refractivity contribution < 1.29 is 0 Å². The van der Waals surface area contributed by atoms with E-state index in [1.807, 2.05) is 12.1 Å². The molecule has 2 N–H and O–H groups in total. The van der Waals surface area contributed by atoms with Crippen LogP contribution in [0, 0.1) is 0 Å². The van der Waals surface area contributed by atoms with Crippen molar-refractivity contribution >= 4 is 5.69 Å². The van der Waals surface area contributed by atoms with E-state index in [9.17, 15) is 0 Å². The van der Waals surface area contributed by atoms with E-state index < -0.39 is 0 Å². The van der Waals surface area contributed by atoms with Crippen molar-refractivity contribution in [2.45, 2.75) is 51.6 Å². The van der Waals surface area contributed by atoms with Gasteiger partial charge in [-0.2, -0.15) is 0 Å². The normalized spacial score (nSPS) is 22.3. The zero-order valence-corrected chi connectivity index (χ0v) is 10.7. The molecule has 0 amide bonds. The number of rotatable bonds is 3. The van der Waals surface area contributed by atoms with Crippen LogP contribution in [0.25, 0.3) is 0 Å². The highest BCUT2D eigenvalue weighted by molar-refractivity contribution is 5.34. The molecular weight excluding hydrogens is 210 g/mol. The van der Waals surface area contributed by atoms with E-state index >= 15 is 0 Å². The van der Waals surface area contributed by atoms with Crippen LogP contribution in [0.2, 0.25) is 0 Å². The monoisotopic (exact) mass is 233 g/mol. The van der Waals surface area contributed by atoms with Gasteiger partial charge in [0.25, 0.3) is 0 Å². The van der Waals surface area contributed by atoms with Gasteiger partial charge >= 0.3 is 0 Å². The summed E-state index contributed by atoms with van der Waals surface area (Å²) in [5.41, 5.74) is 7.55. The highest BCUT2D eigenvalue weighted by Gasteiger charge is 2.19. The Morgan fingerprint density at radius 1 is 1.35 bits per heavy atom. The first-order valence-corrected chi connectivity index (χ1v) is 6.74. The minimum absolute atomic E-state index is 0.733. The maximum absolute atomic E-state index is 5.66. The van der Waals surface area contributed by atoms with Crippen LogP contribution in [-0.4, -0.2) is 22.5 Å². The van der Waals surface area contributed by atoms with Gasteiger partial charge in [0.15, 0.2) is 0 Å². The second-order valence-corrected chi connectivity index (χ2v) is 4.96. The van der Waals surface area contributed by atoms with Gasteiger partial charge in [-0.05, 0) is 37.9 Å². The summed E-state index contributed by atoms with van der Waals surface area (Å²) < 4.78 is 0. The number of likely N-dealkylation sites (tertiary alicyclic amines) is 1. The minimum atomic E-state index is 0.733. The molecule has 1 aliphatic heterocycles. The lowest BCUT2D eigenvalue weighted by atomic mass is 10.1. The van der Waals surface area contributed by atoms with Gasteiger partial charge in [-0.15, -0.1) is 0 Å². The van der Waals surface area contributed by atoms with Gasteiger partial charge in [-0.25, -0.2) is 0 Å². The molecule has 1 saturated heterocycles. The number of hydrogen-bond donors (Lipinski definition) is 1. The number of nitrogens with two attached hydrogens (primary N) is 1. The summed E-state index contributed by atoms with van der Waals surface area (Å²) in [6.45, 7) is 4.47. The molecule has 0 saturated carbocycles. The highest BCUT2D eigenvalue weighted by Crippen LogP contribution is 2.20. The standard InChI is InChI=1S/C14H23N3/c1-2-14-6-4-3-5-9-17(14)11-13-8-7-12(15)10-16-13/h7-8,10,14H,2-6,9,11,15H2,1H3. The Hall–Kier alpha value is -1.09. The van der Waals surface area contributed by atoms with Crippen molar-refractivity contribution in [3.05, 3.63) is 24.0 Å². The third-order valence-electron chi connectivity index (χ3n) is 3.68. The van der Waals surface area contributed by atoms with Crippen LogP contribution < -0.4 is 5.73 Å². The van der Waals surface area contributed by atoms with E-state index in [1.165, 1.54) is 38.6 Å². The van der Waals surface area contributed by atoms with Crippen LogP contribution >= 0.6 is 0 Å². The van der Waals surface area contributed by atoms with Crippen molar-refractivity contribution in [3.63, 3.8) is 0 Å². The van der Waals surface area contributed by atoms with Crippen LogP contribution in [0.1, 0.15) is 44.7 Å². The van der Waals surface area contributed by atoms with Crippen LogP contribution in [0.5, 0.6) is 0 Å². The number of nitrogens with zero attached hydrogens (tertiary/aromatic N) is 2. The van der Waals surface area contributed by atoms with Crippen molar-refractivity contribution in [1.82, 2.24) is 9.88 Å². The molecule has 2 heterocycles. The lowest BCUT2D eigenvalue weighted by Crippen LogP contribution is -2.34. The van der Waals surface area contributed by atoms with Crippen molar-refractivity contribution in [1.29, 1.82) is 0 Å². The quantitative estimate of drug-likeness (QED) is 0.873. The van der Waals surface area contributed by atoms with E-state index in [2.05, 4.69) is 16.8 Å². The van der Waals surface area contributed by atoms with Crippen LogP contribution in [-0.2, 0) is 6.54 Å². The van der Waals surface area contributed by atoms with Gasteiger partial charge in [-0.3, -0.25) is 9.88 Å². The third-order valence-corrected chi connectivity index (χ3v) is 3.68. The first-order chi connectivity index (χ1) is 8.29. The molecule has 2 rings (SSSR count). The van der Waals surface area contributed by atoms with E-state index in [1.54, 1.807) is 6.20 Å². The number of hydrogen-bond acceptors (Lipinski definition) is 3. The fraction of sp³-hybridized carbons (Fsp3) is 0.643. The summed E-state index contributed by atoms with van der Waals surface area (Å²) in [4.78, 5) is 6.99. The summed E-state index contributed by atoms with van der Waals surface area (Å²) in [7, 11) is 0. The first-order valence-electron chi connectivity index (χ1n) is 6.74. The third kappa shape index (κ3) is 3.43. The number of anilines is 1. The Morgan fingerprint density at radius 3 is 2.94 bits per heavy atom. The molecule has 0 aromatic carbocycles. The maximum Gasteiger partial charge on any atom is 0.0545 e. The Bertz CT molecular complexity index is 334. The Labute approximate surface area is 104 Å². The Morgan fingerprint density at radius 2 is 2.24 bits per heavy atom. The summed E-state index contributed by atoms with van der Waals surface area (Å²) in [5, 5.41) is 0. The van der Waals surface area contributed by atoms with Gasteiger partial charge in [-0.1, -0.05) is 19.8 Å². The molecule has 0 aliphatic carbocycles. The van der Waals surface area contributed by atoms with Crippen LogP contribution in [0.15, 0.2) is 18.3 Å². The molecule has 1 aliphatic rings. The molecule has 3 heteroatoms. The summed E-state index contributed by atoms with van der Waals surface area (Å²) in [5.74, 6) is 0. The second-order valence-electron chi connectivity index (χ2n) is 4.96. The highest BCUT2D eigenvalue weighted by atomic mass is 15.2. The molecular formula is C14H23N3. The van der Waals surface area contributed by atoms with Crippen LogP contribution in [0.4, 0.5) is 5.69 Å². The van der Waals surface area contributed by atoms with E-state index in [-0.39, 0.29) is 0 Å². The Balaban J connectivity index is 2.01. The van der Waals surface area contributed by atoms with Crippen molar-refractivity contribution in [2.24, 2.45) is 0 Å². The summed E-state index contributed by atoms with van der Waals surface area (Å²) in [6, 6.07) is 4.73. The predicted octanol–water partition coefficient (Wildman–Crippen LogP) is 2.82. The molecule has 1 atom stereocenters. The molecule has 3 nitrogen and oxygen atoms in total. The topological polar surface area (TPSA) is 42.1 Å². The zero-order chi connectivity index (χ0) is 12.1. The maximum atomic E-state index is 5.66. The van der Waals surface area contributed by atoms with Gasteiger partial charge in [0.1, 0.15) is 0 Å². The van der Waals surface area contributed by atoms with Gasteiger partial charge in [0.05, 0.1) is 17.6 Å². The average Bonchev–Trinajstić information content (AvgIpc) is 2.57. The molecule has 1 aromatic heterocycles. The molecule has 1 fully saturated rings. The molecule has 1 aromatic rings. The molecule has 0 radical (unpaired) electrons.